The average molecular weight is 295 g/mol. The van der Waals surface area contributed by atoms with Crippen LogP contribution in [0.15, 0.2) is 18.2 Å². The Hall–Kier alpha value is -2.31. The number of nitro benzene ring substituents is 1. The highest BCUT2D eigenvalue weighted by Crippen LogP contribution is 2.21. The molecule has 0 aliphatic rings. The molecule has 0 heterocycles. The number of rotatable bonds is 5. The second-order valence-corrected chi connectivity index (χ2v) is 5.61. The third kappa shape index (κ3) is 6.11. The van der Waals surface area contributed by atoms with Crippen LogP contribution in [0, 0.1) is 17.0 Å². The van der Waals surface area contributed by atoms with E-state index in [4.69, 9.17) is 4.74 Å². The second-order valence-electron chi connectivity index (χ2n) is 5.61. The Morgan fingerprint density at radius 3 is 2.57 bits per heavy atom. The Morgan fingerprint density at radius 2 is 2.00 bits per heavy atom. The molecule has 0 spiro atoms. The lowest BCUT2D eigenvalue weighted by Crippen LogP contribution is -2.34. The van der Waals surface area contributed by atoms with Crippen molar-refractivity contribution in [1.29, 1.82) is 0 Å². The molecule has 0 bridgehead atoms. The van der Waals surface area contributed by atoms with E-state index in [1.54, 1.807) is 39.8 Å². The van der Waals surface area contributed by atoms with Crippen LogP contribution in [0.3, 0.4) is 0 Å². The van der Waals surface area contributed by atoms with Gasteiger partial charge in [-0.3, -0.25) is 10.1 Å². The van der Waals surface area contributed by atoms with Gasteiger partial charge in [0.15, 0.2) is 0 Å². The second kappa shape index (κ2) is 6.92. The van der Waals surface area contributed by atoms with E-state index in [0.717, 1.165) is 0 Å². The van der Waals surface area contributed by atoms with E-state index in [2.05, 4.69) is 10.6 Å². The fraction of sp³-hybridized carbons (Fsp3) is 0.500. The van der Waals surface area contributed by atoms with Crippen LogP contribution in [0.2, 0.25) is 0 Å². The van der Waals surface area contributed by atoms with Crippen molar-refractivity contribution in [3.05, 3.63) is 33.9 Å². The smallest absolute Gasteiger partial charge is 0.407 e. The Kier molecular flexibility index (Phi) is 5.52. The molecule has 1 rings (SSSR count). The van der Waals surface area contributed by atoms with Crippen LogP contribution in [0.25, 0.3) is 0 Å². The van der Waals surface area contributed by atoms with Gasteiger partial charge in [-0.15, -0.1) is 0 Å². The van der Waals surface area contributed by atoms with Crippen LogP contribution < -0.4 is 10.6 Å². The topological polar surface area (TPSA) is 93.5 Å². The summed E-state index contributed by atoms with van der Waals surface area (Å²) >= 11 is 0. The quantitative estimate of drug-likeness (QED) is 0.495. The predicted molar refractivity (Wildman–Crippen MR) is 80.6 cm³/mol. The van der Waals surface area contributed by atoms with Gasteiger partial charge >= 0.3 is 6.09 Å². The molecule has 2 N–H and O–H groups in total. The van der Waals surface area contributed by atoms with Crippen LogP contribution >= 0.6 is 0 Å². The number of ether oxygens (including phenoxy) is 1. The number of hydrogen-bond acceptors (Lipinski definition) is 5. The van der Waals surface area contributed by atoms with Gasteiger partial charge in [-0.25, -0.2) is 4.79 Å². The summed E-state index contributed by atoms with van der Waals surface area (Å²) < 4.78 is 5.09. The summed E-state index contributed by atoms with van der Waals surface area (Å²) in [5, 5.41) is 16.4. The zero-order valence-corrected chi connectivity index (χ0v) is 12.7. The maximum absolute atomic E-state index is 11.4. The van der Waals surface area contributed by atoms with Crippen molar-refractivity contribution in [2.75, 3.05) is 18.4 Å². The zero-order valence-electron chi connectivity index (χ0n) is 12.7. The highest BCUT2D eigenvalue weighted by atomic mass is 16.6. The highest BCUT2D eigenvalue weighted by molar-refractivity contribution is 5.67. The van der Waals surface area contributed by atoms with Crippen molar-refractivity contribution >= 4 is 17.5 Å². The summed E-state index contributed by atoms with van der Waals surface area (Å²) in [4.78, 5) is 21.8. The van der Waals surface area contributed by atoms with E-state index >= 15 is 0 Å². The zero-order chi connectivity index (χ0) is 16.0. The average Bonchev–Trinajstić information content (AvgIpc) is 2.34. The molecule has 0 aromatic heterocycles. The van der Waals surface area contributed by atoms with Gasteiger partial charge in [0, 0.05) is 30.4 Å². The number of alkyl carbamates (subject to hydrolysis) is 1. The number of carbonyl (C=O) groups excluding carboxylic acids is 1. The van der Waals surface area contributed by atoms with E-state index in [1.165, 1.54) is 6.07 Å². The molecule has 1 amide bonds. The van der Waals surface area contributed by atoms with Crippen molar-refractivity contribution in [1.82, 2.24) is 5.32 Å². The highest BCUT2D eigenvalue weighted by Gasteiger charge is 2.15. The molecule has 0 saturated heterocycles. The van der Waals surface area contributed by atoms with Gasteiger partial charge in [-0.2, -0.15) is 0 Å². The summed E-state index contributed by atoms with van der Waals surface area (Å²) in [6.45, 7) is 7.85. The summed E-state index contributed by atoms with van der Waals surface area (Å²) in [5.74, 6) is 0. The van der Waals surface area contributed by atoms with Gasteiger partial charge in [0.05, 0.1) is 4.92 Å². The molecule has 0 radical (unpaired) electrons. The van der Waals surface area contributed by atoms with Gasteiger partial charge in [-0.1, -0.05) is 6.07 Å². The lowest BCUT2D eigenvalue weighted by molar-refractivity contribution is -0.385. The van der Waals surface area contributed by atoms with Crippen LogP contribution in [0.1, 0.15) is 26.3 Å². The van der Waals surface area contributed by atoms with Crippen molar-refractivity contribution in [3.63, 3.8) is 0 Å². The van der Waals surface area contributed by atoms with Crippen LogP contribution in [-0.2, 0) is 4.74 Å². The predicted octanol–water partition coefficient (Wildman–Crippen LogP) is 2.84. The molecular weight excluding hydrogens is 274 g/mol. The van der Waals surface area contributed by atoms with E-state index in [1.807, 2.05) is 0 Å². The maximum atomic E-state index is 11.4. The molecule has 1 aromatic carbocycles. The first-order valence-corrected chi connectivity index (χ1v) is 6.65. The Labute approximate surface area is 123 Å². The monoisotopic (exact) mass is 295 g/mol. The van der Waals surface area contributed by atoms with Crippen molar-refractivity contribution < 1.29 is 14.5 Å². The van der Waals surface area contributed by atoms with Gasteiger partial charge in [0.1, 0.15) is 5.60 Å². The lowest BCUT2D eigenvalue weighted by Gasteiger charge is -2.19. The number of aryl methyl sites for hydroxylation is 1. The van der Waals surface area contributed by atoms with Crippen LogP contribution in [-0.4, -0.2) is 29.7 Å². The summed E-state index contributed by atoms with van der Waals surface area (Å²) in [6, 6.07) is 4.92. The number of anilines is 1. The third-order valence-electron chi connectivity index (χ3n) is 2.53. The minimum atomic E-state index is -0.533. The van der Waals surface area contributed by atoms with Crippen molar-refractivity contribution in [2.24, 2.45) is 0 Å². The molecular formula is C14H21N3O4. The molecule has 7 nitrogen and oxygen atoms in total. The van der Waals surface area contributed by atoms with Crippen molar-refractivity contribution in [3.8, 4) is 0 Å². The van der Waals surface area contributed by atoms with E-state index < -0.39 is 16.6 Å². The standard InChI is InChI=1S/C14H21N3O4/c1-10-5-6-11(9-12(10)17(19)20)15-7-8-16-13(18)21-14(2,3)4/h5-6,9,15H,7-8H2,1-4H3,(H,16,18). The number of carbonyl (C=O) groups is 1. The third-order valence-corrected chi connectivity index (χ3v) is 2.53. The summed E-state index contributed by atoms with van der Waals surface area (Å²) in [7, 11) is 0. The number of nitrogens with one attached hydrogen (secondary N) is 2. The van der Waals surface area contributed by atoms with E-state index in [9.17, 15) is 14.9 Å². The molecule has 0 aliphatic heterocycles. The van der Waals surface area contributed by atoms with E-state index in [0.29, 0.717) is 24.3 Å². The Morgan fingerprint density at radius 1 is 1.33 bits per heavy atom. The Balaban J connectivity index is 2.41. The first kappa shape index (κ1) is 16.7. The van der Waals surface area contributed by atoms with Gasteiger partial charge in [-0.05, 0) is 33.8 Å². The first-order chi connectivity index (χ1) is 9.69. The molecule has 116 valence electrons. The van der Waals surface area contributed by atoms with Crippen molar-refractivity contribution in [2.45, 2.75) is 33.3 Å². The fourth-order valence-corrected chi connectivity index (χ4v) is 1.60. The van der Waals surface area contributed by atoms with Crippen LogP contribution in [0.5, 0.6) is 0 Å². The summed E-state index contributed by atoms with van der Waals surface area (Å²) in [5.41, 5.74) is 0.783. The Bertz CT molecular complexity index is 523. The number of nitrogens with zero attached hydrogens (tertiary/aromatic N) is 1. The summed E-state index contributed by atoms with van der Waals surface area (Å²) in [6.07, 6.45) is -0.487. The molecule has 0 saturated carbocycles. The van der Waals surface area contributed by atoms with Gasteiger partial charge in [0.2, 0.25) is 0 Å². The molecule has 1 aromatic rings. The number of amides is 1. The largest absolute Gasteiger partial charge is 0.444 e. The molecule has 0 aliphatic carbocycles. The van der Waals surface area contributed by atoms with E-state index in [-0.39, 0.29) is 5.69 Å². The molecule has 0 atom stereocenters. The van der Waals surface area contributed by atoms with Gasteiger partial charge in [0.25, 0.3) is 5.69 Å². The van der Waals surface area contributed by atoms with Gasteiger partial charge < -0.3 is 15.4 Å². The number of benzene rings is 1. The molecule has 7 heteroatoms. The minimum Gasteiger partial charge on any atom is -0.444 e. The SMILES string of the molecule is Cc1ccc(NCCNC(=O)OC(C)(C)C)cc1[N+](=O)[O-]. The minimum absolute atomic E-state index is 0.0695. The van der Waals surface area contributed by atoms with Crippen LogP contribution in [0.4, 0.5) is 16.2 Å². The molecule has 0 fully saturated rings. The molecule has 21 heavy (non-hydrogen) atoms. The lowest BCUT2D eigenvalue weighted by atomic mass is 10.2. The maximum Gasteiger partial charge on any atom is 0.407 e. The first-order valence-electron chi connectivity index (χ1n) is 6.65. The molecule has 0 unspecified atom stereocenters. The number of nitro groups is 1. The fourth-order valence-electron chi connectivity index (χ4n) is 1.60. The number of hydrogen-bond donors (Lipinski definition) is 2. The normalized spacial score (nSPS) is 10.9.